The summed E-state index contributed by atoms with van der Waals surface area (Å²) in [6, 6.07) is 0.589. The highest BCUT2D eigenvalue weighted by Gasteiger charge is 2.13. The lowest BCUT2D eigenvalue weighted by Gasteiger charge is -2.11. The van der Waals surface area contributed by atoms with E-state index in [9.17, 15) is 4.79 Å². The number of amides is 1. The normalized spacial score (nSPS) is 13.7. The van der Waals surface area contributed by atoms with Gasteiger partial charge < -0.3 is 20.4 Å². The molecular weight excluding hydrogens is 270 g/mol. The third kappa shape index (κ3) is 6.57. The van der Waals surface area contributed by atoms with Crippen molar-refractivity contribution < 1.29 is 9.21 Å². The summed E-state index contributed by atoms with van der Waals surface area (Å²) < 4.78 is 5.50. The summed E-state index contributed by atoms with van der Waals surface area (Å²) in [7, 11) is 0. The standard InChI is InChI=1S/C14H27N5O2/c1-5-8-15-11(4)13-18-19-14(21-13)16-9-7-12(20)17-10(3)6-2/h10-11,15H,5-9H2,1-4H3,(H,16,19)(H,17,20). The number of nitrogens with zero attached hydrogens (tertiary/aromatic N) is 2. The average molecular weight is 297 g/mol. The lowest BCUT2D eigenvalue weighted by molar-refractivity contribution is -0.121. The number of aromatic nitrogens is 2. The molecule has 0 fully saturated rings. The summed E-state index contributed by atoms with van der Waals surface area (Å²) in [5.41, 5.74) is 0. The molecule has 0 radical (unpaired) electrons. The van der Waals surface area contributed by atoms with Crippen molar-refractivity contribution in [2.45, 2.75) is 59.0 Å². The van der Waals surface area contributed by atoms with Crippen LogP contribution in [0.4, 0.5) is 6.01 Å². The maximum absolute atomic E-state index is 11.6. The van der Waals surface area contributed by atoms with Gasteiger partial charge in [-0.3, -0.25) is 4.79 Å². The van der Waals surface area contributed by atoms with Crippen molar-refractivity contribution in [2.75, 3.05) is 18.4 Å². The van der Waals surface area contributed by atoms with Crippen LogP contribution in [0.1, 0.15) is 58.9 Å². The quantitative estimate of drug-likeness (QED) is 0.610. The fraction of sp³-hybridized carbons (Fsp3) is 0.786. The lowest BCUT2D eigenvalue weighted by Crippen LogP contribution is -2.32. The largest absolute Gasteiger partial charge is 0.406 e. The molecule has 1 aromatic rings. The van der Waals surface area contributed by atoms with Gasteiger partial charge in [0.25, 0.3) is 0 Å². The molecule has 0 saturated heterocycles. The molecule has 0 aliphatic heterocycles. The van der Waals surface area contributed by atoms with E-state index in [0.717, 1.165) is 19.4 Å². The van der Waals surface area contributed by atoms with E-state index in [0.29, 0.717) is 24.9 Å². The summed E-state index contributed by atoms with van der Waals surface area (Å²) in [6.07, 6.45) is 2.36. The number of carbonyl (C=O) groups is 1. The minimum atomic E-state index is 0.0227. The van der Waals surface area contributed by atoms with Gasteiger partial charge in [0.1, 0.15) is 0 Å². The molecule has 0 saturated carbocycles. The fourth-order valence-electron chi connectivity index (χ4n) is 1.66. The minimum absolute atomic E-state index is 0.0227. The Hall–Kier alpha value is -1.63. The van der Waals surface area contributed by atoms with Gasteiger partial charge in [-0.1, -0.05) is 18.9 Å². The highest BCUT2D eigenvalue weighted by molar-refractivity contribution is 5.76. The van der Waals surface area contributed by atoms with E-state index < -0.39 is 0 Å². The number of carbonyl (C=O) groups excluding carboxylic acids is 1. The van der Waals surface area contributed by atoms with Gasteiger partial charge in [-0.15, -0.1) is 5.10 Å². The van der Waals surface area contributed by atoms with Gasteiger partial charge in [0.15, 0.2) is 0 Å². The van der Waals surface area contributed by atoms with Crippen molar-refractivity contribution in [1.82, 2.24) is 20.8 Å². The van der Waals surface area contributed by atoms with Crippen LogP contribution >= 0.6 is 0 Å². The van der Waals surface area contributed by atoms with Gasteiger partial charge in [0.2, 0.25) is 11.8 Å². The predicted octanol–water partition coefficient (Wildman–Crippen LogP) is 1.85. The van der Waals surface area contributed by atoms with Crippen molar-refractivity contribution >= 4 is 11.9 Å². The van der Waals surface area contributed by atoms with Gasteiger partial charge >= 0.3 is 6.01 Å². The van der Waals surface area contributed by atoms with Crippen LogP contribution in [0.2, 0.25) is 0 Å². The van der Waals surface area contributed by atoms with Gasteiger partial charge in [-0.2, -0.15) is 0 Å². The Labute approximate surface area is 126 Å². The highest BCUT2D eigenvalue weighted by Crippen LogP contribution is 2.13. The van der Waals surface area contributed by atoms with Crippen LogP contribution < -0.4 is 16.0 Å². The van der Waals surface area contributed by atoms with E-state index in [2.05, 4.69) is 33.1 Å². The number of rotatable bonds is 10. The van der Waals surface area contributed by atoms with Gasteiger partial charge in [0.05, 0.1) is 6.04 Å². The van der Waals surface area contributed by atoms with Crippen molar-refractivity contribution in [2.24, 2.45) is 0 Å². The first-order chi connectivity index (χ1) is 10.1. The van der Waals surface area contributed by atoms with Gasteiger partial charge in [-0.25, -0.2) is 0 Å². The van der Waals surface area contributed by atoms with Crippen molar-refractivity contribution in [3.05, 3.63) is 5.89 Å². The first kappa shape index (κ1) is 17.4. The average Bonchev–Trinajstić information content (AvgIpc) is 2.93. The second-order valence-corrected chi connectivity index (χ2v) is 5.17. The SMILES string of the molecule is CCCNC(C)c1nnc(NCCC(=O)NC(C)CC)o1. The second kappa shape index (κ2) is 9.33. The second-order valence-electron chi connectivity index (χ2n) is 5.17. The van der Waals surface area contributed by atoms with Crippen LogP contribution in [-0.2, 0) is 4.79 Å². The van der Waals surface area contributed by atoms with Crippen molar-refractivity contribution in [3.8, 4) is 0 Å². The molecule has 0 spiro atoms. The summed E-state index contributed by atoms with van der Waals surface area (Å²) in [5.74, 6) is 0.574. The molecule has 7 heteroatoms. The number of hydrogen-bond donors (Lipinski definition) is 3. The Kier molecular flexibility index (Phi) is 7.74. The number of hydrogen-bond acceptors (Lipinski definition) is 6. The molecule has 1 amide bonds. The summed E-state index contributed by atoms with van der Waals surface area (Å²) >= 11 is 0. The van der Waals surface area contributed by atoms with Crippen LogP contribution in [0.5, 0.6) is 0 Å². The molecule has 1 heterocycles. The molecule has 2 unspecified atom stereocenters. The zero-order valence-corrected chi connectivity index (χ0v) is 13.4. The van der Waals surface area contributed by atoms with E-state index in [4.69, 9.17) is 4.42 Å². The molecule has 2 atom stereocenters. The molecule has 7 nitrogen and oxygen atoms in total. The summed E-state index contributed by atoms with van der Waals surface area (Å²) in [5, 5.41) is 17.1. The van der Waals surface area contributed by atoms with Crippen LogP contribution in [0.25, 0.3) is 0 Å². The van der Waals surface area contributed by atoms with Crippen LogP contribution in [0.3, 0.4) is 0 Å². The molecule has 3 N–H and O–H groups in total. The smallest absolute Gasteiger partial charge is 0.315 e. The van der Waals surface area contributed by atoms with E-state index >= 15 is 0 Å². The van der Waals surface area contributed by atoms with Gasteiger partial charge in [0, 0.05) is 19.0 Å². The van der Waals surface area contributed by atoms with Crippen LogP contribution in [-0.4, -0.2) is 35.2 Å². The molecule has 0 aliphatic rings. The minimum Gasteiger partial charge on any atom is -0.406 e. The molecule has 1 rings (SSSR count). The fourth-order valence-corrected chi connectivity index (χ4v) is 1.66. The molecule has 1 aromatic heterocycles. The maximum Gasteiger partial charge on any atom is 0.315 e. The molecular formula is C14H27N5O2. The van der Waals surface area contributed by atoms with E-state index in [1.54, 1.807) is 0 Å². The van der Waals surface area contributed by atoms with Gasteiger partial charge in [-0.05, 0) is 33.2 Å². The molecule has 0 bridgehead atoms. The third-order valence-electron chi connectivity index (χ3n) is 3.16. The molecule has 0 aromatic carbocycles. The zero-order valence-electron chi connectivity index (χ0n) is 13.4. The first-order valence-electron chi connectivity index (χ1n) is 7.66. The van der Waals surface area contributed by atoms with Crippen LogP contribution in [0.15, 0.2) is 4.42 Å². The van der Waals surface area contributed by atoms with E-state index in [1.807, 2.05) is 20.8 Å². The summed E-state index contributed by atoms with van der Waals surface area (Å²) in [4.78, 5) is 11.6. The first-order valence-corrected chi connectivity index (χ1v) is 7.66. The predicted molar refractivity (Wildman–Crippen MR) is 82.0 cm³/mol. The Morgan fingerprint density at radius 3 is 2.67 bits per heavy atom. The van der Waals surface area contributed by atoms with E-state index in [1.165, 1.54) is 0 Å². The lowest BCUT2D eigenvalue weighted by atomic mass is 10.2. The topological polar surface area (TPSA) is 92.1 Å². The Morgan fingerprint density at radius 2 is 2.00 bits per heavy atom. The van der Waals surface area contributed by atoms with Crippen molar-refractivity contribution in [3.63, 3.8) is 0 Å². The molecule has 120 valence electrons. The monoisotopic (exact) mass is 297 g/mol. The Balaban J connectivity index is 2.30. The third-order valence-corrected chi connectivity index (χ3v) is 3.16. The van der Waals surface area contributed by atoms with E-state index in [-0.39, 0.29) is 18.0 Å². The molecule has 0 aliphatic carbocycles. The van der Waals surface area contributed by atoms with Crippen LogP contribution in [0, 0.1) is 0 Å². The molecule has 21 heavy (non-hydrogen) atoms. The number of nitrogens with one attached hydrogen (secondary N) is 3. The van der Waals surface area contributed by atoms with Crippen molar-refractivity contribution in [1.29, 1.82) is 0 Å². The highest BCUT2D eigenvalue weighted by atomic mass is 16.4. The number of anilines is 1. The Bertz CT molecular complexity index is 421. The Morgan fingerprint density at radius 1 is 1.24 bits per heavy atom. The zero-order chi connectivity index (χ0) is 15.7. The maximum atomic E-state index is 11.6. The summed E-state index contributed by atoms with van der Waals surface area (Å²) in [6.45, 7) is 9.48.